The number of carbonyl (C=O) groups excluding carboxylic acids is 3. The molecular weight excluding hydrogens is 938 g/mol. The number of aliphatic carboxylic acids is 1. The van der Waals surface area contributed by atoms with Crippen LogP contribution >= 0.6 is 22.9 Å². The zero-order valence-corrected chi connectivity index (χ0v) is 40.0. The average molecular weight is 991 g/mol. The van der Waals surface area contributed by atoms with E-state index in [0.717, 1.165) is 29.7 Å². The van der Waals surface area contributed by atoms with E-state index in [9.17, 15) is 42.3 Å². The smallest absolute Gasteiger partial charge is 0.349 e. The number of aromatic nitrogens is 2. The molecule has 3 aliphatic rings. The van der Waals surface area contributed by atoms with Gasteiger partial charge in [0.15, 0.2) is 17.2 Å². The predicted octanol–water partition coefficient (Wildman–Crippen LogP) is 5.86. The van der Waals surface area contributed by atoms with Crippen LogP contribution in [0, 0.1) is 0 Å². The van der Waals surface area contributed by atoms with E-state index in [1.165, 1.54) is 13.4 Å². The van der Waals surface area contributed by atoms with Gasteiger partial charge in [0.2, 0.25) is 27.7 Å². The third-order valence-electron chi connectivity index (χ3n) is 12.9. The highest BCUT2D eigenvalue weighted by atomic mass is 35.5. The summed E-state index contributed by atoms with van der Waals surface area (Å²) in [5.41, 5.74) is 3.68. The fourth-order valence-corrected chi connectivity index (χ4v) is 13.1. The minimum absolute atomic E-state index is 0.00153. The van der Waals surface area contributed by atoms with E-state index >= 15 is 0 Å². The van der Waals surface area contributed by atoms with Crippen LogP contribution in [-0.2, 0) is 42.0 Å². The van der Waals surface area contributed by atoms with Crippen molar-refractivity contribution < 1.29 is 47.3 Å². The first-order valence-electron chi connectivity index (χ1n) is 22.2. The molecule has 5 N–H and O–H groups in total. The number of halogens is 1. The number of imidazole rings is 1. The van der Waals surface area contributed by atoms with Gasteiger partial charge in [-0.1, -0.05) is 41.9 Å². The summed E-state index contributed by atoms with van der Waals surface area (Å²) in [5.74, 6) is -3.86. The number of likely N-dealkylation sites (tertiary alicyclic amines) is 1. The Labute approximate surface area is 400 Å². The maximum atomic E-state index is 14.0. The number of fused-ring (bicyclic) bond motifs is 1. The zero-order chi connectivity index (χ0) is 48.7. The number of rotatable bonds is 15. The molecule has 1 unspecified atom stereocenters. The number of benzene rings is 3. The molecule has 3 aromatic carbocycles. The van der Waals surface area contributed by atoms with Gasteiger partial charge in [-0.3, -0.25) is 33.7 Å². The van der Waals surface area contributed by atoms with Crippen molar-refractivity contribution >= 4 is 85.0 Å². The highest BCUT2D eigenvalue weighted by molar-refractivity contribution is 7.88. The van der Waals surface area contributed by atoms with Gasteiger partial charge >= 0.3 is 17.6 Å². The van der Waals surface area contributed by atoms with E-state index in [-0.39, 0.29) is 76.8 Å². The Bertz CT molecular complexity index is 2990. The Kier molecular flexibility index (Phi) is 13.9. The molecule has 5 aromatic rings. The maximum Gasteiger partial charge on any atom is 0.349 e. The zero-order valence-electron chi connectivity index (χ0n) is 37.6. The fourth-order valence-electron chi connectivity index (χ4n) is 9.71. The highest BCUT2D eigenvalue weighted by Crippen LogP contribution is 2.46. The molecule has 3 aliphatic heterocycles. The first-order valence-corrected chi connectivity index (χ1v) is 25.0. The molecule has 21 heteroatoms. The number of anilines is 2. The standard InChI is InChI=1S/C47H52ClN7O11S2/c1-47(2)23-33(49-32-9-5-7-30(21-32)42-40(48)41(66-25-39(58)59)43(67-42)45(61)62)16-19-54(47)68(64,65)26-27-6-4-8-31(20-27)50-38(57)24-53-17-14-28(15-18-53)29-10-11-34-36(22-29)52(3)46(63)55(34)35-12-13-37(56)51-44(35)60/h4-11,20-22,28,33,35,49H,12-19,23-26H2,1-3H3,(H,50,57)(H,58,59)(H,61,62)(H,51,56,60)/t33-,35?/m0/s1. The number of nitrogens with one attached hydrogen (secondary N) is 3. The lowest BCUT2D eigenvalue weighted by Crippen LogP contribution is -2.55. The van der Waals surface area contributed by atoms with Crippen LogP contribution in [0.5, 0.6) is 5.75 Å². The molecule has 0 bridgehead atoms. The lowest BCUT2D eigenvalue weighted by Gasteiger charge is -2.45. The molecule has 360 valence electrons. The number of aromatic carboxylic acids is 1. The largest absolute Gasteiger partial charge is 0.479 e. The summed E-state index contributed by atoms with van der Waals surface area (Å²) in [6, 6.07) is 19.1. The second kappa shape index (κ2) is 19.5. The fraction of sp³-hybridized carbons (Fsp3) is 0.404. The summed E-state index contributed by atoms with van der Waals surface area (Å²) in [7, 11) is -2.12. The number of sulfonamides is 1. The van der Waals surface area contributed by atoms with Crippen molar-refractivity contribution in [3.8, 4) is 16.2 Å². The summed E-state index contributed by atoms with van der Waals surface area (Å²) in [5, 5.41) is 27.5. The van der Waals surface area contributed by atoms with Crippen molar-refractivity contribution in [2.45, 2.75) is 81.7 Å². The normalized spacial score (nSPS) is 19.4. The maximum absolute atomic E-state index is 14.0. The molecule has 3 amide bonds. The molecule has 2 atom stereocenters. The van der Waals surface area contributed by atoms with Gasteiger partial charge < -0.3 is 25.6 Å². The summed E-state index contributed by atoms with van der Waals surface area (Å²) in [4.78, 5) is 76.1. The third-order valence-corrected chi connectivity index (χ3v) is 16.6. The van der Waals surface area contributed by atoms with Gasteiger partial charge in [0.1, 0.15) is 11.1 Å². The number of hydrogen-bond acceptors (Lipinski definition) is 12. The van der Waals surface area contributed by atoms with E-state index in [4.69, 9.17) is 21.4 Å². The van der Waals surface area contributed by atoms with Crippen LogP contribution in [-0.4, -0.2) is 111 Å². The van der Waals surface area contributed by atoms with E-state index in [2.05, 4.69) is 20.9 Å². The first kappa shape index (κ1) is 48.4. The van der Waals surface area contributed by atoms with Crippen LogP contribution in [0.1, 0.15) is 85.1 Å². The van der Waals surface area contributed by atoms with Crippen LogP contribution in [0.25, 0.3) is 21.5 Å². The summed E-state index contributed by atoms with van der Waals surface area (Å²) in [6.45, 7) is 4.79. The molecule has 3 saturated heterocycles. The highest BCUT2D eigenvalue weighted by Gasteiger charge is 2.42. The van der Waals surface area contributed by atoms with Gasteiger partial charge in [-0.05, 0) is 118 Å². The number of imide groups is 1. The number of hydrogen-bond donors (Lipinski definition) is 5. The van der Waals surface area contributed by atoms with Crippen LogP contribution in [0.3, 0.4) is 0 Å². The Hall–Kier alpha value is -6.06. The Balaban J connectivity index is 0.837. The van der Waals surface area contributed by atoms with Gasteiger partial charge in [0, 0.05) is 43.0 Å². The number of carboxylic acid groups (broad SMARTS) is 2. The summed E-state index contributed by atoms with van der Waals surface area (Å²) < 4.78 is 37.8. The van der Waals surface area contributed by atoms with E-state index in [1.54, 1.807) is 49.5 Å². The topological polar surface area (TPSA) is 239 Å². The Morgan fingerprint density at radius 2 is 1.66 bits per heavy atom. The van der Waals surface area contributed by atoms with Gasteiger partial charge in [-0.15, -0.1) is 11.3 Å². The number of carboxylic acids is 2. The second-order valence-corrected chi connectivity index (χ2v) is 21.5. The molecule has 0 aliphatic carbocycles. The van der Waals surface area contributed by atoms with Gasteiger partial charge in [0.05, 0.1) is 28.2 Å². The lowest BCUT2D eigenvalue weighted by atomic mass is 9.89. The van der Waals surface area contributed by atoms with Crippen LogP contribution in [0.15, 0.2) is 71.5 Å². The minimum atomic E-state index is -3.80. The number of nitrogens with zero attached hydrogens (tertiary/aromatic N) is 4. The van der Waals surface area contributed by atoms with Crippen molar-refractivity contribution in [2.75, 3.05) is 43.4 Å². The molecule has 2 aromatic heterocycles. The molecule has 5 heterocycles. The molecule has 0 saturated carbocycles. The Morgan fingerprint density at radius 3 is 2.37 bits per heavy atom. The molecule has 68 heavy (non-hydrogen) atoms. The van der Waals surface area contributed by atoms with Crippen LogP contribution in [0.2, 0.25) is 5.02 Å². The number of amides is 3. The molecule has 18 nitrogen and oxygen atoms in total. The van der Waals surface area contributed by atoms with E-state index in [0.29, 0.717) is 64.3 Å². The first-order chi connectivity index (χ1) is 32.3. The lowest BCUT2D eigenvalue weighted by molar-refractivity contribution is -0.139. The van der Waals surface area contributed by atoms with Crippen LogP contribution in [0.4, 0.5) is 11.4 Å². The number of carbonyl (C=O) groups is 5. The average Bonchev–Trinajstić information content (AvgIpc) is 3.74. The van der Waals surface area contributed by atoms with E-state index in [1.807, 2.05) is 38.1 Å². The van der Waals surface area contributed by atoms with Crippen molar-refractivity contribution in [3.63, 3.8) is 0 Å². The predicted molar refractivity (Wildman–Crippen MR) is 257 cm³/mol. The number of thiophene rings is 1. The van der Waals surface area contributed by atoms with Crippen molar-refractivity contribution in [1.29, 1.82) is 0 Å². The van der Waals surface area contributed by atoms with Crippen molar-refractivity contribution in [2.24, 2.45) is 7.05 Å². The van der Waals surface area contributed by atoms with Gasteiger partial charge in [-0.25, -0.2) is 22.8 Å². The summed E-state index contributed by atoms with van der Waals surface area (Å²) in [6.07, 6.45) is 3.01. The molecule has 3 fully saturated rings. The second-order valence-electron chi connectivity index (χ2n) is 18.2. The minimum Gasteiger partial charge on any atom is -0.479 e. The number of aryl methyl sites for hydroxylation is 1. The molecule has 0 spiro atoms. The van der Waals surface area contributed by atoms with Gasteiger partial charge in [0.25, 0.3) is 0 Å². The van der Waals surface area contributed by atoms with Crippen LogP contribution < -0.4 is 26.4 Å². The molecule has 8 rings (SSSR count). The van der Waals surface area contributed by atoms with Gasteiger partial charge in [-0.2, -0.15) is 4.31 Å². The van der Waals surface area contributed by atoms with Crippen molar-refractivity contribution in [3.05, 3.63) is 98.2 Å². The van der Waals surface area contributed by atoms with Crippen molar-refractivity contribution in [1.82, 2.24) is 23.7 Å². The monoisotopic (exact) mass is 989 g/mol. The van der Waals surface area contributed by atoms with E-state index < -0.39 is 46.1 Å². The number of piperidine rings is 3. The summed E-state index contributed by atoms with van der Waals surface area (Å²) >= 11 is 7.40. The molecule has 0 radical (unpaired) electrons. The number of ether oxygens (including phenoxy) is 1. The quantitative estimate of drug-likeness (QED) is 0.0774. The third kappa shape index (κ3) is 10.3. The molecular formula is C47H52ClN7O11S2. The SMILES string of the molecule is Cn1c(=O)n(C2CCC(=O)NC2=O)c2ccc(C3CCN(CC(=O)Nc4cccc(CS(=O)(=O)N5CC[C@H](Nc6cccc(-c7sc(C(=O)O)c(OCC(=O)O)c7Cl)c6)CC5(C)C)c4)CC3)cc21. The Morgan fingerprint density at radius 1 is 0.926 bits per heavy atom.